The van der Waals surface area contributed by atoms with E-state index in [2.05, 4.69) is 5.32 Å². The number of hydrogen-bond donors (Lipinski definition) is 2. The zero-order chi connectivity index (χ0) is 15.4. The molecule has 0 saturated heterocycles. The Labute approximate surface area is 119 Å². The number of nitro benzene ring substituents is 1. The molecule has 6 nitrogen and oxygen atoms in total. The van der Waals surface area contributed by atoms with E-state index in [-0.39, 0.29) is 17.1 Å². The molecule has 0 aliphatic heterocycles. The highest BCUT2D eigenvalue weighted by molar-refractivity contribution is 5.72. The Hall–Kier alpha value is -2.83. The van der Waals surface area contributed by atoms with Gasteiger partial charge in [-0.05, 0) is 23.8 Å². The first-order chi connectivity index (χ1) is 10.0. The van der Waals surface area contributed by atoms with Crippen molar-refractivity contribution >= 4 is 17.1 Å². The average molecular weight is 292 g/mol. The number of nitrogens with zero attached hydrogens (tertiary/aromatic N) is 1. The van der Waals surface area contributed by atoms with Gasteiger partial charge in [-0.25, -0.2) is 4.39 Å². The maximum absolute atomic E-state index is 12.6. The second-order valence-corrected chi connectivity index (χ2v) is 4.25. The summed E-state index contributed by atoms with van der Waals surface area (Å²) in [4.78, 5) is 10.0. The molecule has 2 aromatic rings. The fourth-order valence-corrected chi connectivity index (χ4v) is 1.81. The van der Waals surface area contributed by atoms with Gasteiger partial charge in [0.2, 0.25) is 0 Å². The molecule has 0 bridgehead atoms. The first-order valence-electron chi connectivity index (χ1n) is 6.02. The summed E-state index contributed by atoms with van der Waals surface area (Å²) in [5.74, 6) is 0.142. The van der Waals surface area contributed by atoms with Crippen molar-refractivity contribution < 1.29 is 19.2 Å². The van der Waals surface area contributed by atoms with Crippen molar-refractivity contribution in [2.75, 3.05) is 12.4 Å². The smallest absolute Gasteiger partial charge is 0.273 e. The minimum absolute atomic E-state index is 0.210. The predicted octanol–water partition coefficient (Wildman–Crippen LogP) is 3.52. The SMILES string of the molecule is COc1cc(CF)ccc1Nc1ccc([N+](=O)[O-])cc1O. The fourth-order valence-electron chi connectivity index (χ4n) is 1.81. The van der Waals surface area contributed by atoms with Crippen molar-refractivity contribution in [1.82, 2.24) is 0 Å². The average Bonchev–Trinajstić information content (AvgIpc) is 2.49. The summed E-state index contributed by atoms with van der Waals surface area (Å²) in [6.07, 6.45) is 0. The van der Waals surface area contributed by atoms with Crippen LogP contribution in [-0.2, 0) is 6.67 Å². The molecule has 0 radical (unpaired) electrons. The van der Waals surface area contributed by atoms with Gasteiger partial charge in [-0.2, -0.15) is 0 Å². The third-order valence-electron chi connectivity index (χ3n) is 2.88. The lowest BCUT2D eigenvalue weighted by atomic mass is 10.2. The number of aromatic hydroxyl groups is 1. The van der Waals surface area contributed by atoms with E-state index in [4.69, 9.17) is 4.74 Å². The van der Waals surface area contributed by atoms with Crippen LogP contribution in [0.1, 0.15) is 5.56 Å². The number of anilines is 2. The van der Waals surface area contributed by atoms with Crippen molar-refractivity contribution in [3.63, 3.8) is 0 Å². The van der Waals surface area contributed by atoms with E-state index >= 15 is 0 Å². The molecule has 0 aliphatic carbocycles. The number of benzene rings is 2. The lowest BCUT2D eigenvalue weighted by Gasteiger charge is -2.13. The van der Waals surface area contributed by atoms with Gasteiger partial charge < -0.3 is 15.2 Å². The highest BCUT2D eigenvalue weighted by Gasteiger charge is 2.12. The molecule has 0 atom stereocenters. The van der Waals surface area contributed by atoms with Crippen LogP contribution in [0.3, 0.4) is 0 Å². The van der Waals surface area contributed by atoms with Crippen molar-refractivity contribution in [2.24, 2.45) is 0 Å². The number of halogens is 1. The number of nitro groups is 1. The number of ether oxygens (including phenoxy) is 1. The summed E-state index contributed by atoms with van der Waals surface area (Å²) in [5.41, 5.74) is 1.05. The Balaban J connectivity index is 2.32. The molecule has 0 unspecified atom stereocenters. The predicted molar refractivity (Wildman–Crippen MR) is 75.8 cm³/mol. The third kappa shape index (κ3) is 3.19. The van der Waals surface area contributed by atoms with E-state index in [0.29, 0.717) is 17.0 Å². The van der Waals surface area contributed by atoms with Crippen LogP contribution in [0.5, 0.6) is 11.5 Å². The van der Waals surface area contributed by atoms with Gasteiger partial charge in [-0.1, -0.05) is 6.07 Å². The van der Waals surface area contributed by atoms with E-state index in [9.17, 15) is 19.6 Å². The summed E-state index contributed by atoms with van der Waals surface area (Å²) in [7, 11) is 1.44. The van der Waals surface area contributed by atoms with Crippen LogP contribution >= 0.6 is 0 Å². The van der Waals surface area contributed by atoms with Crippen LogP contribution in [0.15, 0.2) is 36.4 Å². The van der Waals surface area contributed by atoms with Gasteiger partial charge in [0.25, 0.3) is 5.69 Å². The zero-order valence-corrected chi connectivity index (χ0v) is 11.2. The number of phenols is 1. The molecule has 0 spiro atoms. The molecule has 21 heavy (non-hydrogen) atoms. The number of methoxy groups -OCH3 is 1. The fraction of sp³-hybridized carbons (Fsp3) is 0.143. The van der Waals surface area contributed by atoms with E-state index in [1.54, 1.807) is 12.1 Å². The van der Waals surface area contributed by atoms with Crippen LogP contribution in [0.25, 0.3) is 0 Å². The minimum atomic E-state index is -0.612. The van der Waals surface area contributed by atoms with Gasteiger partial charge in [0.1, 0.15) is 18.2 Å². The van der Waals surface area contributed by atoms with Crippen molar-refractivity contribution in [3.8, 4) is 11.5 Å². The van der Waals surface area contributed by atoms with Crippen LogP contribution in [0, 0.1) is 10.1 Å². The summed E-state index contributed by atoms with van der Waals surface area (Å²) in [5, 5.41) is 23.3. The molecule has 2 N–H and O–H groups in total. The molecule has 0 aliphatic rings. The van der Waals surface area contributed by atoms with Gasteiger partial charge in [0, 0.05) is 6.07 Å². The van der Waals surface area contributed by atoms with Gasteiger partial charge in [-0.3, -0.25) is 10.1 Å². The summed E-state index contributed by atoms with van der Waals surface area (Å²) in [6.45, 7) is -0.612. The third-order valence-corrected chi connectivity index (χ3v) is 2.88. The quantitative estimate of drug-likeness (QED) is 0.500. The highest BCUT2D eigenvalue weighted by atomic mass is 19.1. The van der Waals surface area contributed by atoms with Crippen LogP contribution in [0.4, 0.5) is 21.5 Å². The van der Waals surface area contributed by atoms with Gasteiger partial charge in [-0.15, -0.1) is 0 Å². The van der Waals surface area contributed by atoms with Crippen molar-refractivity contribution in [1.29, 1.82) is 0 Å². The van der Waals surface area contributed by atoms with Gasteiger partial charge in [0.15, 0.2) is 0 Å². The van der Waals surface area contributed by atoms with Gasteiger partial charge in [0.05, 0.1) is 29.5 Å². The zero-order valence-electron chi connectivity index (χ0n) is 11.2. The molecule has 110 valence electrons. The lowest BCUT2D eigenvalue weighted by Crippen LogP contribution is -1.97. The Bertz CT molecular complexity index is 676. The number of nitrogens with one attached hydrogen (secondary N) is 1. The lowest BCUT2D eigenvalue weighted by molar-refractivity contribution is -0.384. The summed E-state index contributed by atoms with van der Waals surface area (Å²) >= 11 is 0. The Morgan fingerprint density at radius 1 is 1.29 bits per heavy atom. The summed E-state index contributed by atoms with van der Waals surface area (Å²) < 4.78 is 17.7. The largest absolute Gasteiger partial charge is 0.506 e. The molecule has 2 rings (SSSR count). The van der Waals surface area contributed by atoms with Crippen LogP contribution < -0.4 is 10.1 Å². The standard InChI is InChI=1S/C14H13FN2O4/c1-21-14-6-9(8-15)2-4-12(14)16-11-5-3-10(17(19)20)7-13(11)18/h2-7,16,18H,8H2,1H3. The maximum atomic E-state index is 12.6. The van der Waals surface area contributed by atoms with E-state index < -0.39 is 11.6 Å². The molecule has 7 heteroatoms. The molecule has 0 fully saturated rings. The molecule has 2 aromatic carbocycles. The first kappa shape index (κ1) is 14.6. The number of phenolic OH excluding ortho intramolecular Hbond substituents is 1. The van der Waals surface area contributed by atoms with Crippen LogP contribution in [0.2, 0.25) is 0 Å². The molecular formula is C14H13FN2O4. The van der Waals surface area contributed by atoms with E-state index in [1.165, 1.54) is 25.3 Å². The van der Waals surface area contributed by atoms with E-state index in [1.807, 2.05) is 0 Å². The Kier molecular flexibility index (Phi) is 4.22. The monoisotopic (exact) mass is 292 g/mol. The Morgan fingerprint density at radius 2 is 2.00 bits per heavy atom. The topological polar surface area (TPSA) is 84.6 Å². The number of non-ortho nitro benzene ring substituents is 1. The highest BCUT2D eigenvalue weighted by Crippen LogP contribution is 2.34. The summed E-state index contributed by atoms with van der Waals surface area (Å²) in [6, 6.07) is 8.41. The molecule has 0 aromatic heterocycles. The molecular weight excluding hydrogens is 279 g/mol. The Morgan fingerprint density at radius 3 is 2.57 bits per heavy atom. The maximum Gasteiger partial charge on any atom is 0.273 e. The number of alkyl halides is 1. The molecule has 0 heterocycles. The van der Waals surface area contributed by atoms with Crippen LogP contribution in [-0.4, -0.2) is 17.1 Å². The van der Waals surface area contributed by atoms with Crippen molar-refractivity contribution in [3.05, 3.63) is 52.1 Å². The van der Waals surface area contributed by atoms with Gasteiger partial charge >= 0.3 is 0 Å². The van der Waals surface area contributed by atoms with E-state index in [0.717, 1.165) is 6.07 Å². The normalized spacial score (nSPS) is 10.2. The second kappa shape index (κ2) is 6.08. The number of rotatable bonds is 5. The van der Waals surface area contributed by atoms with Crippen molar-refractivity contribution in [2.45, 2.75) is 6.67 Å². The second-order valence-electron chi connectivity index (χ2n) is 4.25. The minimum Gasteiger partial charge on any atom is -0.506 e. The molecule has 0 amide bonds. The first-order valence-corrected chi connectivity index (χ1v) is 6.02. The molecule has 0 saturated carbocycles. The number of hydrogen-bond acceptors (Lipinski definition) is 5.